The van der Waals surface area contributed by atoms with E-state index in [1.165, 1.54) is 4.57 Å². The van der Waals surface area contributed by atoms with E-state index in [1.807, 2.05) is 32.3 Å². The van der Waals surface area contributed by atoms with Gasteiger partial charge in [-0.15, -0.1) is 0 Å². The summed E-state index contributed by atoms with van der Waals surface area (Å²) in [4.78, 5) is 29.7. The van der Waals surface area contributed by atoms with Gasteiger partial charge in [-0.3, -0.25) is 13.9 Å². The topological polar surface area (TPSA) is 87.8 Å². The number of hydrogen-bond donors (Lipinski definition) is 1. The van der Waals surface area contributed by atoms with Gasteiger partial charge in [0.1, 0.15) is 5.82 Å². The van der Waals surface area contributed by atoms with Gasteiger partial charge in [0.15, 0.2) is 11.2 Å². The second-order valence-corrected chi connectivity index (χ2v) is 6.39. The fraction of sp³-hybridized carbons (Fsp3) is 0.667. The summed E-state index contributed by atoms with van der Waals surface area (Å²) in [6.45, 7) is 10.8. The molecule has 0 saturated heterocycles. The number of fused-ring (bicyclic) bond motifs is 1. The quantitative estimate of drug-likeness (QED) is 0.886. The Balaban J connectivity index is 2.91. The van der Waals surface area contributed by atoms with Gasteiger partial charge in [-0.2, -0.15) is 0 Å². The summed E-state index contributed by atoms with van der Waals surface area (Å²) >= 11 is 0. The van der Waals surface area contributed by atoms with E-state index in [0.29, 0.717) is 36.6 Å². The van der Waals surface area contributed by atoms with E-state index >= 15 is 0 Å². The third-order valence-electron chi connectivity index (χ3n) is 3.63. The van der Waals surface area contributed by atoms with Crippen LogP contribution in [0.5, 0.6) is 0 Å². The first-order valence-electron chi connectivity index (χ1n) is 7.70. The molecule has 0 saturated carbocycles. The van der Waals surface area contributed by atoms with Crippen LogP contribution in [0.2, 0.25) is 0 Å². The Morgan fingerprint density at radius 1 is 1.14 bits per heavy atom. The minimum atomic E-state index is -0.479. The van der Waals surface area contributed by atoms with Crippen LogP contribution < -0.4 is 17.0 Å². The summed E-state index contributed by atoms with van der Waals surface area (Å²) in [5, 5.41) is 0. The van der Waals surface area contributed by atoms with Gasteiger partial charge < -0.3 is 10.3 Å². The molecule has 0 aliphatic carbocycles. The van der Waals surface area contributed by atoms with Crippen molar-refractivity contribution in [2.24, 2.45) is 5.73 Å². The fourth-order valence-corrected chi connectivity index (χ4v) is 2.70. The summed E-state index contributed by atoms with van der Waals surface area (Å²) in [7, 11) is 0. The van der Waals surface area contributed by atoms with Crippen LogP contribution >= 0.6 is 0 Å². The molecule has 0 atom stereocenters. The maximum atomic E-state index is 12.7. The fourth-order valence-electron chi connectivity index (χ4n) is 2.70. The predicted molar refractivity (Wildman–Crippen MR) is 87.2 cm³/mol. The lowest BCUT2D eigenvalue weighted by atomic mass is 10.1. The van der Waals surface area contributed by atoms with Crippen molar-refractivity contribution < 1.29 is 0 Å². The molecular formula is C15H25N5O2. The molecule has 0 aromatic carbocycles. The van der Waals surface area contributed by atoms with Crippen molar-refractivity contribution >= 4 is 11.2 Å². The molecule has 2 heterocycles. The number of aryl methyl sites for hydroxylation is 2. The van der Waals surface area contributed by atoms with E-state index in [4.69, 9.17) is 5.73 Å². The number of hydrogen-bond acceptors (Lipinski definition) is 4. The molecule has 7 heteroatoms. The number of rotatable bonds is 5. The highest BCUT2D eigenvalue weighted by atomic mass is 16.2. The first kappa shape index (κ1) is 16.5. The summed E-state index contributed by atoms with van der Waals surface area (Å²) in [6, 6.07) is 0. The van der Waals surface area contributed by atoms with Gasteiger partial charge in [-0.25, -0.2) is 9.78 Å². The molecule has 2 rings (SSSR count). The van der Waals surface area contributed by atoms with Crippen LogP contribution in [0.15, 0.2) is 9.59 Å². The lowest BCUT2D eigenvalue weighted by molar-refractivity contribution is 0.434. The minimum Gasteiger partial charge on any atom is -0.324 e. The second-order valence-electron chi connectivity index (χ2n) is 6.39. The third-order valence-corrected chi connectivity index (χ3v) is 3.63. The molecule has 0 aliphatic heterocycles. The van der Waals surface area contributed by atoms with Crippen LogP contribution in [0.4, 0.5) is 0 Å². The molecule has 2 aromatic heterocycles. The molecule has 0 radical (unpaired) electrons. The van der Waals surface area contributed by atoms with Gasteiger partial charge in [0.2, 0.25) is 0 Å². The summed E-state index contributed by atoms with van der Waals surface area (Å²) in [5.41, 5.74) is 5.97. The van der Waals surface area contributed by atoms with E-state index in [1.54, 1.807) is 11.5 Å². The van der Waals surface area contributed by atoms with E-state index in [2.05, 4.69) is 4.98 Å². The van der Waals surface area contributed by atoms with Crippen LogP contribution in [-0.4, -0.2) is 24.2 Å². The molecule has 22 heavy (non-hydrogen) atoms. The molecule has 122 valence electrons. The zero-order valence-corrected chi connectivity index (χ0v) is 14.0. The Kier molecular flexibility index (Phi) is 4.28. The van der Waals surface area contributed by atoms with Crippen molar-refractivity contribution in [3.8, 4) is 0 Å². The first-order chi connectivity index (χ1) is 10.2. The van der Waals surface area contributed by atoms with Gasteiger partial charge in [0, 0.05) is 25.2 Å². The maximum Gasteiger partial charge on any atom is 0.332 e. The van der Waals surface area contributed by atoms with Crippen LogP contribution in [0, 0.1) is 6.92 Å². The molecular weight excluding hydrogens is 282 g/mol. The Labute approximate surface area is 129 Å². The largest absolute Gasteiger partial charge is 0.332 e. The zero-order valence-electron chi connectivity index (χ0n) is 14.0. The SMILES string of the molecule is CCCn1c(=O)n(CC)c(=O)c2c1nc(C)n2CC(C)(C)N. The van der Waals surface area contributed by atoms with Gasteiger partial charge in [-0.1, -0.05) is 6.92 Å². The lowest BCUT2D eigenvalue weighted by Crippen LogP contribution is -2.42. The predicted octanol–water partition coefficient (Wildman–Crippen LogP) is 0.835. The highest BCUT2D eigenvalue weighted by Crippen LogP contribution is 2.14. The average Bonchev–Trinajstić information content (AvgIpc) is 2.71. The monoisotopic (exact) mass is 307 g/mol. The Morgan fingerprint density at radius 2 is 1.77 bits per heavy atom. The lowest BCUT2D eigenvalue weighted by Gasteiger charge is -2.20. The van der Waals surface area contributed by atoms with Crippen molar-refractivity contribution in [1.82, 2.24) is 18.7 Å². The Morgan fingerprint density at radius 3 is 2.27 bits per heavy atom. The van der Waals surface area contributed by atoms with Crippen molar-refractivity contribution in [1.29, 1.82) is 0 Å². The molecule has 0 spiro atoms. The Hall–Kier alpha value is -1.89. The van der Waals surface area contributed by atoms with Crippen LogP contribution in [-0.2, 0) is 19.6 Å². The molecule has 0 amide bonds. The molecule has 2 N–H and O–H groups in total. The van der Waals surface area contributed by atoms with E-state index in [-0.39, 0.29) is 11.2 Å². The summed E-state index contributed by atoms with van der Waals surface area (Å²) < 4.78 is 4.68. The number of nitrogens with zero attached hydrogens (tertiary/aromatic N) is 4. The average molecular weight is 307 g/mol. The number of nitrogens with two attached hydrogens (primary N) is 1. The highest BCUT2D eigenvalue weighted by Gasteiger charge is 2.22. The standard InChI is InChI=1S/C15H25N5O2/c1-6-8-19-12-11(13(21)18(7-2)14(19)22)20(10(3)17-12)9-15(4,5)16/h6-9,16H2,1-5H3. The van der Waals surface area contributed by atoms with Crippen molar-refractivity contribution in [3.63, 3.8) is 0 Å². The van der Waals surface area contributed by atoms with Crippen molar-refractivity contribution in [2.75, 3.05) is 0 Å². The van der Waals surface area contributed by atoms with Crippen LogP contribution in [0.1, 0.15) is 39.9 Å². The normalized spacial score (nSPS) is 12.3. The van der Waals surface area contributed by atoms with Crippen molar-refractivity contribution in [3.05, 3.63) is 26.7 Å². The first-order valence-corrected chi connectivity index (χ1v) is 7.70. The zero-order chi connectivity index (χ0) is 16.7. The van der Waals surface area contributed by atoms with E-state index < -0.39 is 5.54 Å². The molecule has 7 nitrogen and oxygen atoms in total. The molecule has 2 aromatic rings. The van der Waals surface area contributed by atoms with Crippen LogP contribution in [0.25, 0.3) is 11.2 Å². The molecule has 0 aliphatic rings. The van der Waals surface area contributed by atoms with Gasteiger partial charge in [0.05, 0.1) is 0 Å². The van der Waals surface area contributed by atoms with Crippen LogP contribution in [0.3, 0.4) is 0 Å². The van der Waals surface area contributed by atoms with E-state index in [0.717, 1.165) is 6.42 Å². The highest BCUT2D eigenvalue weighted by molar-refractivity contribution is 5.71. The summed E-state index contributed by atoms with van der Waals surface area (Å²) in [6.07, 6.45) is 0.797. The number of aromatic nitrogens is 4. The third kappa shape index (κ3) is 2.72. The second kappa shape index (κ2) is 5.72. The van der Waals surface area contributed by atoms with E-state index in [9.17, 15) is 9.59 Å². The van der Waals surface area contributed by atoms with Crippen molar-refractivity contribution in [2.45, 2.75) is 66.2 Å². The molecule has 0 unspecified atom stereocenters. The molecule has 0 fully saturated rings. The van der Waals surface area contributed by atoms with Gasteiger partial charge in [0.25, 0.3) is 5.56 Å². The Bertz CT molecular complexity index is 804. The van der Waals surface area contributed by atoms with Gasteiger partial charge >= 0.3 is 5.69 Å². The minimum absolute atomic E-state index is 0.292. The maximum absolute atomic E-state index is 12.7. The number of imidazole rings is 1. The van der Waals surface area contributed by atoms with Gasteiger partial charge in [-0.05, 0) is 34.1 Å². The molecule has 0 bridgehead atoms. The summed E-state index contributed by atoms with van der Waals surface area (Å²) in [5.74, 6) is 0.698. The smallest absolute Gasteiger partial charge is 0.324 e.